The molecular weight excluding hydrogens is 588 g/mol. The number of hydrogen-bond donors (Lipinski definition) is 0. The summed E-state index contributed by atoms with van der Waals surface area (Å²) in [7, 11) is 1.44. The second-order valence-corrected chi connectivity index (χ2v) is 8.54. The predicted octanol–water partition coefficient (Wildman–Crippen LogP) is 5.48. The van der Waals surface area contributed by atoms with E-state index in [0.29, 0.717) is 26.1 Å². The maximum atomic E-state index is 13.3. The molecule has 1 heterocycles. The van der Waals surface area contributed by atoms with E-state index in [9.17, 15) is 18.0 Å². The van der Waals surface area contributed by atoms with Crippen molar-refractivity contribution in [3.05, 3.63) is 85.7 Å². The lowest BCUT2D eigenvalue weighted by atomic mass is 10.1. The molecule has 0 amide bonds. The first kappa shape index (κ1) is 25.2. The van der Waals surface area contributed by atoms with Gasteiger partial charge in [0.1, 0.15) is 6.07 Å². The minimum atomic E-state index is -4.57. The van der Waals surface area contributed by atoms with Crippen LogP contribution < -0.4 is 15.0 Å². The van der Waals surface area contributed by atoms with Gasteiger partial charge >= 0.3 is 6.18 Å². The lowest BCUT2D eigenvalue weighted by Gasteiger charge is -2.13. The highest BCUT2D eigenvalue weighted by Crippen LogP contribution is 2.34. The Kier molecular flexibility index (Phi) is 7.25. The number of ether oxygens (including phenoxy) is 2. The number of alkyl halides is 3. The molecule has 0 radical (unpaired) electrons. The Labute approximate surface area is 216 Å². The number of fused-ring (bicyclic) bond motifs is 1. The van der Waals surface area contributed by atoms with Gasteiger partial charge in [0, 0.05) is 5.56 Å². The second-order valence-electron chi connectivity index (χ2n) is 7.37. The van der Waals surface area contributed by atoms with Gasteiger partial charge in [0.2, 0.25) is 0 Å². The van der Waals surface area contributed by atoms with Gasteiger partial charge in [-0.3, -0.25) is 4.79 Å². The molecule has 4 rings (SSSR count). The van der Waals surface area contributed by atoms with Gasteiger partial charge in [0.05, 0.1) is 33.4 Å². The third-order valence-corrected chi connectivity index (χ3v) is 5.86. The summed E-state index contributed by atoms with van der Waals surface area (Å²) in [6.07, 6.45) is -3.20. The second kappa shape index (κ2) is 10.4. The van der Waals surface area contributed by atoms with Gasteiger partial charge in [0.15, 0.2) is 23.9 Å². The van der Waals surface area contributed by atoms with Crippen LogP contribution in [0.2, 0.25) is 0 Å². The summed E-state index contributed by atoms with van der Waals surface area (Å²) in [6, 6.07) is 16.3. The Morgan fingerprint density at radius 2 is 1.94 bits per heavy atom. The minimum absolute atomic E-state index is 0.0447. The van der Waals surface area contributed by atoms with Crippen LogP contribution >= 0.6 is 22.6 Å². The Balaban J connectivity index is 1.88. The average molecular weight is 604 g/mol. The summed E-state index contributed by atoms with van der Waals surface area (Å²) in [6.45, 7) is -0.168. The van der Waals surface area contributed by atoms with Gasteiger partial charge in [-0.15, -0.1) is 0 Å². The van der Waals surface area contributed by atoms with Crippen LogP contribution in [-0.4, -0.2) is 29.6 Å². The molecule has 0 aliphatic heterocycles. The number of methoxy groups -OCH3 is 1. The SMILES string of the molecule is COc1cc(C=Nn2c(-c3cccc(C(F)(F)F)c3)nc3ccccc3c2=O)cc(I)c1OCC#N. The van der Waals surface area contributed by atoms with Crippen molar-refractivity contribution in [2.45, 2.75) is 6.18 Å². The van der Waals surface area contributed by atoms with Gasteiger partial charge in [-0.25, -0.2) is 4.98 Å². The number of nitriles is 1. The highest BCUT2D eigenvalue weighted by Gasteiger charge is 2.31. The van der Waals surface area contributed by atoms with Crippen LogP contribution in [0.1, 0.15) is 11.1 Å². The number of benzene rings is 3. The molecule has 0 fully saturated rings. The summed E-state index contributed by atoms with van der Waals surface area (Å²) in [5, 5.41) is 13.3. The van der Waals surface area contributed by atoms with Gasteiger partial charge < -0.3 is 9.47 Å². The number of para-hydroxylation sites is 1. The van der Waals surface area contributed by atoms with Gasteiger partial charge in [-0.1, -0.05) is 24.3 Å². The molecule has 0 aliphatic carbocycles. The average Bonchev–Trinajstić information content (AvgIpc) is 2.86. The molecule has 4 aromatic rings. The Morgan fingerprint density at radius 1 is 1.17 bits per heavy atom. The highest BCUT2D eigenvalue weighted by atomic mass is 127. The van der Waals surface area contributed by atoms with Crippen molar-refractivity contribution < 1.29 is 22.6 Å². The quantitative estimate of drug-likeness (QED) is 0.215. The van der Waals surface area contributed by atoms with Crippen molar-refractivity contribution in [1.29, 1.82) is 5.26 Å². The summed E-state index contributed by atoms with van der Waals surface area (Å²) in [5.74, 6) is 0.684. The summed E-state index contributed by atoms with van der Waals surface area (Å²) in [4.78, 5) is 17.7. The van der Waals surface area contributed by atoms with E-state index < -0.39 is 17.3 Å². The topological polar surface area (TPSA) is 89.5 Å². The standard InChI is InChI=1S/C25H16F3IN4O3/c1-35-21-12-15(11-19(29)22(21)36-10-9-30)14-31-33-23(16-5-4-6-17(13-16)25(26,27)28)32-20-8-3-2-7-18(20)24(33)34/h2-8,11-14H,10H2,1H3. The van der Waals surface area contributed by atoms with Gasteiger partial charge in [-0.05, 0) is 64.6 Å². The number of nitrogens with zero attached hydrogens (tertiary/aromatic N) is 4. The molecule has 0 N–H and O–H groups in total. The summed E-state index contributed by atoms with van der Waals surface area (Å²) < 4.78 is 52.4. The fraction of sp³-hybridized carbons (Fsp3) is 0.120. The number of halogens is 4. The molecule has 0 bridgehead atoms. The highest BCUT2D eigenvalue weighted by molar-refractivity contribution is 14.1. The number of hydrogen-bond acceptors (Lipinski definition) is 6. The normalized spacial score (nSPS) is 11.6. The number of rotatable bonds is 6. The van der Waals surface area contributed by atoms with Crippen molar-refractivity contribution in [2.24, 2.45) is 5.10 Å². The van der Waals surface area contributed by atoms with E-state index in [2.05, 4.69) is 10.1 Å². The van der Waals surface area contributed by atoms with Crippen LogP contribution in [0.3, 0.4) is 0 Å². The lowest BCUT2D eigenvalue weighted by molar-refractivity contribution is -0.137. The van der Waals surface area contributed by atoms with E-state index in [1.807, 2.05) is 28.7 Å². The zero-order chi connectivity index (χ0) is 25.9. The maximum absolute atomic E-state index is 13.3. The predicted molar refractivity (Wildman–Crippen MR) is 136 cm³/mol. The zero-order valence-corrected chi connectivity index (χ0v) is 20.7. The largest absolute Gasteiger partial charge is 0.493 e. The van der Waals surface area contributed by atoms with E-state index >= 15 is 0 Å². The molecule has 36 heavy (non-hydrogen) atoms. The first-order valence-corrected chi connectivity index (χ1v) is 11.4. The molecule has 182 valence electrons. The van der Waals surface area contributed by atoms with E-state index in [1.54, 1.807) is 36.4 Å². The Hall–Kier alpha value is -3.92. The molecule has 0 saturated heterocycles. The lowest BCUT2D eigenvalue weighted by Crippen LogP contribution is -2.20. The Bertz CT molecular complexity index is 1580. The molecule has 3 aromatic carbocycles. The van der Waals surface area contributed by atoms with E-state index in [1.165, 1.54) is 25.5 Å². The maximum Gasteiger partial charge on any atom is 0.416 e. The van der Waals surface area contributed by atoms with Crippen molar-refractivity contribution in [3.8, 4) is 29.0 Å². The fourth-order valence-corrected chi connectivity index (χ4v) is 4.22. The van der Waals surface area contributed by atoms with Crippen molar-refractivity contribution in [1.82, 2.24) is 9.66 Å². The molecule has 0 atom stereocenters. The molecule has 0 unspecified atom stereocenters. The third-order valence-electron chi connectivity index (χ3n) is 5.06. The van der Waals surface area contributed by atoms with Crippen LogP contribution in [0.4, 0.5) is 13.2 Å². The molecule has 0 saturated carbocycles. The Morgan fingerprint density at radius 3 is 2.67 bits per heavy atom. The van der Waals surface area contributed by atoms with Crippen molar-refractivity contribution >= 4 is 39.7 Å². The first-order chi connectivity index (χ1) is 17.2. The minimum Gasteiger partial charge on any atom is -0.493 e. The molecule has 11 heteroatoms. The zero-order valence-electron chi connectivity index (χ0n) is 18.6. The van der Waals surface area contributed by atoms with Crippen LogP contribution in [0, 0.1) is 14.9 Å². The first-order valence-electron chi connectivity index (χ1n) is 10.3. The molecule has 1 aromatic heterocycles. The van der Waals surface area contributed by atoms with Gasteiger partial charge in [0.25, 0.3) is 5.56 Å². The van der Waals surface area contributed by atoms with Crippen molar-refractivity contribution in [3.63, 3.8) is 0 Å². The fourth-order valence-electron chi connectivity index (χ4n) is 3.44. The summed E-state index contributed by atoms with van der Waals surface area (Å²) >= 11 is 2.01. The third kappa shape index (κ3) is 5.18. The van der Waals surface area contributed by atoms with E-state index in [0.717, 1.165) is 16.8 Å². The van der Waals surface area contributed by atoms with Crippen LogP contribution in [0.25, 0.3) is 22.3 Å². The summed E-state index contributed by atoms with van der Waals surface area (Å²) in [5.41, 5.74) is -0.477. The van der Waals surface area contributed by atoms with Crippen molar-refractivity contribution in [2.75, 3.05) is 13.7 Å². The molecule has 0 spiro atoms. The van der Waals surface area contributed by atoms with E-state index in [-0.39, 0.29) is 23.4 Å². The smallest absolute Gasteiger partial charge is 0.416 e. The van der Waals surface area contributed by atoms with E-state index in [4.69, 9.17) is 14.7 Å². The van der Waals surface area contributed by atoms with Gasteiger partial charge in [-0.2, -0.15) is 28.2 Å². The molecule has 0 aliphatic rings. The van der Waals surface area contributed by atoms with Crippen LogP contribution in [0.5, 0.6) is 11.5 Å². The monoisotopic (exact) mass is 604 g/mol. The number of aromatic nitrogens is 2. The molecule has 7 nitrogen and oxygen atoms in total. The van der Waals surface area contributed by atoms with Crippen LogP contribution in [0.15, 0.2) is 70.6 Å². The van der Waals surface area contributed by atoms with Crippen LogP contribution in [-0.2, 0) is 6.18 Å². The molecular formula is C25H16F3IN4O3.